The van der Waals surface area contributed by atoms with Crippen molar-refractivity contribution < 1.29 is 19.4 Å². The van der Waals surface area contributed by atoms with Crippen LogP contribution in [0.3, 0.4) is 0 Å². The monoisotopic (exact) mass is 422 g/mol. The quantitative estimate of drug-likeness (QED) is 0.441. The summed E-state index contributed by atoms with van der Waals surface area (Å²) in [6, 6.07) is 7.99. The average Bonchev–Trinajstić information content (AvgIpc) is 3.27. The second-order valence-electron chi connectivity index (χ2n) is 8.41. The highest BCUT2D eigenvalue weighted by Gasteiger charge is 2.40. The van der Waals surface area contributed by atoms with Gasteiger partial charge in [-0.3, -0.25) is 0 Å². The number of amides is 1. The first-order valence-corrected chi connectivity index (χ1v) is 11.5. The van der Waals surface area contributed by atoms with Crippen molar-refractivity contribution in [1.29, 1.82) is 0 Å². The summed E-state index contributed by atoms with van der Waals surface area (Å²) < 4.78 is 13.6. The number of fused-ring (bicyclic) bond motifs is 1. The second kappa shape index (κ2) is 11.2. The first kappa shape index (κ1) is 22.4. The molecule has 2 fully saturated rings. The first-order chi connectivity index (χ1) is 14.0. The Morgan fingerprint density at radius 2 is 2.14 bits per heavy atom. The summed E-state index contributed by atoms with van der Waals surface area (Å²) in [6.45, 7) is 7.79. The zero-order valence-electron chi connectivity index (χ0n) is 17.5. The molecule has 3 rings (SSSR count). The van der Waals surface area contributed by atoms with Crippen molar-refractivity contribution in [3.63, 3.8) is 0 Å². The van der Waals surface area contributed by atoms with E-state index in [2.05, 4.69) is 23.5 Å². The van der Waals surface area contributed by atoms with E-state index in [1.54, 1.807) is 11.9 Å². The van der Waals surface area contributed by atoms with Gasteiger partial charge in [-0.2, -0.15) is 0 Å². The molecule has 1 saturated heterocycles. The molecule has 2 aliphatic rings. The van der Waals surface area contributed by atoms with E-state index in [0.29, 0.717) is 24.5 Å². The summed E-state index contributed by atoms with van der Waals surface area (Å²) >= 11 is 1.72. The average molecular weight is 423 g/mol. The molecule has 1 aliphatic carbocycles. The van der Waals surface area contributed by atoms with Crippen LogP contribution in [0.4, 0.5) is 4.79 Å². The molecule has 6 nitrogen and oxygen atoms in total. The van der Waals surface area contributed by atoms with Crippen molar-refractivity contribution in [2.24, 2.45) is 11.8 Å². The molecule has 0 spiro atoms. The highest BCUT2D eigenvalue weighted by molar-refractivity contribution is 7.97. The standard InChI is InChI=1S/C22H34N2O4S/c1-16(2)14-24(29-20-6-4-17(15-25)5-7-20)10-3-9-23-22(26)28-19-12-18-8-11-27-21(18)13-19/h4-7,16,18-19,21,25H,3,8-15H2,1-2H3,(H,23,26)/t18-,19+,21+/m1/s1. The molecular weight excluding hydrogens is 388 g/mol. The van der Waals surface area contributed by atoms with Crippen LogP contribution in [0.15, 0.2) is 29.2 Å². The SMILES string of the molecule is CC(C)CN(CCCNC(=O)O[C@H]1C[C@H]2CCO[C@H]2C1)Sc1ccc(CO)cc1. The van der Waals surface area contributed by atoms with Gasteiger partial charge in [-0.1, -0.05) is 26.0 Å². The zero-order valence-corrected chi connectivity index (χ0v) is 18.3. The van der Waals surface area contributed by atoms with E-state index < -0.39 is 0 Å². The van der Waals surface area contributed by atoms with Crippen molar-refractivity contribution in [1.82, 2.24) is 9.62 Å². The fourth-order valence-electron chi connectivity index (χ4n) is 4.04. The van der Waals surface area contributed by atoms with Crippen molar-refractivity contribution in [3.8, 4) is 0 Å². The second-order valence-corrected chi connectivity index (χ2v) is 9.58. The number of benzene rings is 1. The van der Waals surface area contributed by atoms with E-state index in [1.807, 2.05) is 24.3 Å². The van der Waals surface area contributed by atoms with Gasteiger partial charge in [0.2, 0.25) is 0 Å². The molecule has 7 heteroatoms. The van der Waals surface area contributed by atoms with Gasteiger partial charge in [0.1, 0.15) is 6.10 Å². The minimum absolute atomic E-state index is 0.000174. The molecule has 3 atom stereocenters. The number of aliphatic hydroxyl groups is 1. The lowest BCUT2D eigenvalue weighted by Crippen LogP contribution is -2.31. The number of carbonyl (C=O) groups excluding carboxylic acids is 1. The smallest absolute Gasteiger partial charge is 0.407 e. The summed E-state index contributed by atoms with van der Waals surface area (Å²) in [5.41, 5.74) is 0.921. The molecule has 1 heterocycles. The van der Waals surface area contributed by atoms with Gasteiger partial charge in [0.15, 0.2) is 0 Å². The molecule has 1 aromatic carbocycles. The molecule has 1 saturated carbocycles. The minimum Gasteiger partial charge on any atom is -0.446 e. The predicted molar refractivity (Wildman–Crippen MR) is 115 cm³/mol. The lowest BCUT2D eigenvalue weighted by atomic mass is 10.1. The number of hydrogen-bond acceptors (Lipinski definition) is 6. The lowest BCUT2D eigenvalue weighted by Gasteiger charge is -2.23. The number of rotatable bonds is 10. The molecule has 1 amide bonds. The van der Waals surface area contributed by atoms with Gasteiger partial charge < -0.3 is 19.9 Å². The Kier molecular flexibility index (Phi) is 8.66. The summed E-state index contributed by atoms with van der Waals surface area (Å²) in [7, 11) is 0. The summed E-state index contributed by atoms with van der Waals surface area (Å²) in [5, 5.41) is 12.1. The molecule has 2 N–H and O–H groups in total. The molecule has 0 aromatic heterocycles. The van der Waals surface area contributed by atoms with Crippen LogP contribution < -0.4 is 5.32 Å². The Morgan fingerprint density at radius 1 is 1.34 bits per heavy atom. The van der Waals surface area contributed by atoms with E-state index in [9.17, 15) is 9.90 Å². The third-order valence-corrected chi connectivity index (χ3v) is 6.52. The Balaban J connectivity index is 1.36. The maximum absolute atomic E-state index is 12.1. The van der Waals surface area contributed by atoms with Gasteiger partial charge >= 0.3 is 6.09 Å². The van der Waals surface area contributed by atoms with Gasteiger partial charge in [-0.05, 0) is 60.7 Å². The molecule has 0 unspecified atom stereocenters. The van der Waals surface area contributed by atoms with Crippen LogP contribution in [0.2, 0.25) is 0 Å². The molecule has 1 aromatic rings. The topological polar surface area (TPSA) is 71.0 Å². The van der Waals surface area contributed by atoms with Crippen LogP contribution in [0, 0.1) is 11.8 Å². The van der Waals surface area contributed by atoms with Gasteiger partial charge in [0.25, 0.3) is 0 Å². The molecule has 0 radical (unpaired) electrons. The normalized spacial score (nSPS) is 23.6. The molecule has 29 heavy (non-hydrogen) atoms. The fraction of sp³-hybridized carbons (Fsp3) is 0.682. The number of nitrogens with zero attached hydrogens (tertiary/aromatic N) is 1. The van der Waals surface area contributed by atoms with Crippen LogP contribution >= 0.6 is 11.9 Å². The van der Waals surface area contributed by atoms with Gasteiger partial charge in [-0.25, -0.2) is 9.10 Å². The number of alkyl carbamates (subject to hydrolysis) is 1. The predicted octanol–water partition coefficient (Wildman–Crippen LogP) is 3.83. The largest absolute Gasteiger partial charge is 0.446 e. The Morgan fingerprint density at radius 3 is 2.83 bits per heavy atom. The maximum atomic E-state index is 12.1. The Labute approximate surface area is 178 Å². The zero-order chi connectivity index (χ0) is 20.6. The molecular formula is C22H34N2O4S. The minimum atomic E-state index is -0.308. The molecule has 1 aliphatic heterocycles. The third-order valence-electron chi connectivity index (χ3n) is 5.44. The number of hydrogen-bond donors (Lipinski definition) is 2. The van der Waals surface area contributed by atoms with Crippen LogP contribution in [0.25, 0.3) is 0 Å². The Hall–Kier alpha value is -1.28. The van der Waals surface area contributed by atoms with E-state index >= 15 is 0 Å². The number of nitrogens with one attached hydrogen (secondary N) is 1. The van der Waals surface area contributed by atoms with Crippen molar-refractivity contribution >= 4 is 18.0 Å². The van der Waals surface area contributed by atoms with Crippen LogP contribution in [0.5, 0.6) is 0 Å². The number of ether oxygens (including phenoxy) is 2. The van der Waals surface area contributed by atoms with Crippen molar-refractivity contribution in [2.45, 2.75) is 63.2 Å². The lowest BCUT2D eigenvalue weighted by molar-refractivity contribution is 0.0657. The molecule has 162 valence electrons. The van der Waals surface area contributed by atoms with E-state index in [1.165, 1.54) is 0 Å². The van der Waals surface area contributed by atoms with Gasteiger partial charge in [0, 0.05) is 37.6 Å². The van der Waals surface area contributed by atoms with Crippen molar-refractivity contribution in [2.75, 3.05) is 26.2 Å². The first-order valence-electron chi connectivity index (χ1n) is 10.7. The van der Waals surface area contributed by atoms with Crippen LogP contribution in [-0.2, 0) is 16.1 Å². The van der Waals surface area contributed by atoms with E-state index in [4.69, 9.17) is 9.47 Å². The van der Waals surface area contributed by atoms with Crippen LogP contribution in [0.1, 0.15) is 45.1 Å². The maximum Gasteiger partial charge on any atom is 0.407 e. The summed E-state index contributed by atoms with van der Waals surface area (Å²) in [6.07, 6.45) is 3.72. The number of aliphatic hydroxyl groups excluding tert-OH is 1. The fourth-order valence-corrected chi connectivity index (χ4v) is 5.19. The highest BCUT2D eigenvalue weighted by Crippen LogP contribution is 2.37. The van der Waals surface area contributed by atoms with Gasteiger partial charge in [-0.15, -0.1) is 0 Å². The van der Waals surface area contributed by atoms with Crippen LogP contribution in [-0.4, -0.2) is 54.0 Å². The Bertz CT molecular complexity index is 628. The molecule has 0 bridgehead atoms. The van der Waals surface area contributed by atoms with E-state index in [0.717, 1.165) is 55.8 Å². The van der Waals surface area contributed by atoms with Gasteiger partial charge in [0.05, 0.1) is 12.7 Å². The summed E-state index contributed by atoms with van der Waals surface area (Å²) in [4.78, 5) is 13.2. The van der Waals surface area contributed by atoms with E-state index in [-0.39, 0.29) is 18.8 Å². The highest BCUT2D eigenvalue weighted by atomic mass is 32.2. The summed E-state index contributed by atoms with van der Waals surface area (Å²) in [5.74, 6) is 1.13. The van der Waals surface area contributed by atoms with Crippen molar-refractivity contribution in [3.05, 3.63) is 29.8 Å². The number of carbonyl (C=O) groups is 1. The third kappa shape index (κ3) is 7.17.